The maximum absolute atomic E-state index is 13.6. The zero-order valence-corrected chi connectivity index (χ0v) is 13.0. The van der Waals surface area contributed by atoms with Crippen LogP contribution in [0.3, 0.4) is 0 Å². The van der Waals surface area contributed by atoms with Crippen molar-refractivity contribution in [2.24, 2.45) is 0 Å². The third-order valence-electron chi connectivity index (χ3n) is 4.78. The van der Waals surface area contributed by atoms with Gasteiger partial charge in [-0.25, -0.2) is 8.78 Å². The standard InChI is InChI=1S/C19H17F2NO2/c20-15-11-14(12-16(21)18(15)23)22-9-7-19(8-10-22)6-5-13-3-1-2-4-17(13)24-19/h1-6,11-12,23H,7-10H2. The van der Waals surface area contributed by atoms with Crippen molar-refractivity contribution in [3.63, 3.8) is 0 Å². The Morgan fingerprint density at radius 3 is 2.42 bits per heavy atom. The van der Waals surface area contributed by atoms with Crippen molar-refractivity contribution >= 4 is 11.8 Å². The number of ether oxygens (including phenoxy) is 1. The molecule has 2 aromatic carbocycles. The van der Waals surface area contributed by atoms with Crippen molar-refractivity contribution < 1.29 is 18.6 Å². The third-order valence-corrected chi connectivity index (χ3v) is 4.78. The molecule has 0 unspecified atom stereocenters. The topological polar surface area (TPSA) is 32.7 Å². The highest BCUT2D eigenvalue weighted by Crippen LogP contribution is 2.38. The van der Waals surface area contributed by atoms with Crippen LogP contribution in [0.5, 0.6) is 11.5 Å². The largest absolute Gasteiger partial charge is 0.503 e. The van der Waals surface area contributed by atoms with Gasteiger partial charge in [0.15, 0.2) is 17.4 Å². The smallest absolute Gasteiger partial charge is 0.187 e. The maximum atomic E-state index is 13.6. The predicted molar refractivity (Wildman–Crippen MR) is 88.3 cm³/mol. The molecule has 124 valence electrons. The summed E-state index contributed by atoms with van der Waals surface area (Å²) in [6.07, 6.45) is 5.61. The summed E-state index contributed by atoms with van der Waals surface area (Å²) in [5.41, 5.74) is 1.14. The minimum atomic E-state index is -0.937. The number of hydrogen-bond acceptors (Lipinski definition) is 3. The Balaban J connectivity index is 1.52. The van der Waals surface area contributed by atoms with E-state index in [0.717, 1.165) is 24.2 Å². The molecule has 0 radical (unpaired) electrons. The first-order valence-corrected chi connectivity index (χ1v) is 7.97. The summed E-state index contributed by atoms with van der Waals surface area (Å²) < 4.78 is 33.3. The van der Waals surface area contributed by atoms with Crippen molar-refractivity contribution in [2.45, 2.75) is 18.4 Å². The summed E-state index contributed by atoms with van der Waals surface area (Å²) in [6, 6.07) is 10.2. The first-order chi connectivity index (χ1) is 11.6. The van der Waals surface area contributed by atoms with Gasteiger partial charge >= 0.3 is 0 Å². The van der Waals surface area contributed by atoms with Gasteiger partial charge in [0.05, 0.1) is 0 Å². The van der Waals surface area contributed by atoms with Crippen molar-refractivity contribution in [1.29, 1.82) is 0 Å². The van der Waals surface area contributed by atoms with Crippen molar-refractivity contribution in [3.8, 4) is 11.5 Å². The SMILES string of the molecule is Oc1c(F)cc(N2CCC3(C=Cc4ccccc4O3)CC2)cc1F. The van der Waals surface area contributed by atoms with Crippen LogP contribution in [0.2, 0.25) is 0 Å². The highest BCUT2D eigenvalue weighted by Gasteiger charge is 2.36. The molecular formula is C19H17F2NO2. The molecule has 0 aliphatic carbocycles. The Labute approximate surface area is 138 Å². The average molecular weight is 329 g/mol. The van der Waals surface area contributed by atoms with Gasteiger partial charge in [-0.1, -0.05) is 24.3 Å². The summed E-state index contributed by atoms with van der Waals surface area (Å²) in [5, 5.41) is 9.22. The van der Waals surface area contributed by atoms with Crippen LogP contribution in [0.4, 0.5) is 14.5 Å². The number of anilines is 1. The molecule has 1 N–H and O–H groups in total. The molecule has 2 aromatic rings. The minimum Gasteiger partial charge on any atom is -0.503 e. The van der Waals surface area contributed by atoms with Gasteiger partial charge in [-0.05, 0) is 12.1 Å². The van der Waals surface area contributed by atoms with Crippen LogP contribution in [0, 0.1) is 11.6 Å². The summed E-state index contributed by atoms with van der Waals surface area (Å²) in [7, 11) is 0. The molecule has 4 rings (SSSR count). The lowest BCUT2D eigenvalue weighted by Gasteiger charge is -2.42. The summed E-state index contributed by atoms with van der Waals surface area (Å²) in [6.45, 7) is 1.24. The van der Waals surface area contributed by atoms with E-state index in [2.05, 4.69) is 12.2 Å². The van der Waals surface area contributed by atoms with Crippen LogP contribution in [0.1, 0.15) is 18.4 Å². The first kappa shape index (κ1) is 15.0. The van der Waals surface area contributed by atoms with Crippen LogP contribution in [-0.4, -0.2) is 23.8 Å². The average Bonchev–Trinajstić information content (AvgIpc) is 2.60. The number of benzene rings is 2. The lowest BCUT2D eigenvalue weighted by atomic mass is 9.88. The van der Waals surface area contributed by atoms with Gasteiger partial charge < -0.3 is 14.7 Å². The summed E-state index contributed by atoms with van der Waals surface area (Å²) in [5.74, 6) is -1.93. The Hall–Kier alpha value is -2.56. The monoisotopic (exact) mass is 329 g/mol. The molecule has 2 heterocycles. The van der Waals surface area contributed by atoms with Crippen LogP contribution in [-0.2, 0) is 0 Å². The highest BCUT2D eigenvalue weighted by molar-refractivity contribution is 5.61. The fourth-order valence-corrected chi connectivity index (χ4v) is 3.35. The van der Waals surface area contributed by atoms with E-state index in [1.165, 1.54) is 12.1 Å². The number of aromatic hydroxyl groups is 1. The molecule has 24 heavy (non-hydrogen) atoms. The Morgan fingerprint density at radius 2 is 1.71 bits per heavy atom. The van der Waals surface area contributed by atoms with Gasteiger partial charge in [-0.3, -0.25) is 0 Å². The molecule has 0 amide bonds. The first-order valence-electron chi connectivity index (χ1n) is 7.97. The maximum Gasteiger partial charge on any atom is 0.187 e. The fraction of sp³-hybridized carbons (Fsp3) is 0.263. The predicted octanol–water partition coefficient (Wildman–Crippen LogP) is 4.12. The van der Waals surface area contributed by atoms with E-state index in [1.807, 2.05) is 29.2 Å². The normalized spacial score (nSPS) is 18.3. The zero-order chi connectivity index (χ0) is 16.7. The van der Waals surface area contributed by atoms with Gasteiger partial charge in [-0.15, -0.1) is 0 Å². The number of phenols is 1. The van der Waals surface area contributed by atoms with E-state index in [0.29, 0.717) is 18.8 Å². The van der Waals surface area contributed by atoms with E-state index < -0.39 is 17.4 Å². The van der Waals surface area contributed by atoms with Crippen LogP contribution < -0.4 is 9.64 Å². The molecule has 5 heteroatoms. The number of rotatable bonds is 1. The van der Waals surface area contributed by atoms with Gasteiger partial charge in [0.25, 0.3) is 0 Å². The molecule has 1 saturated heterocycles. The lowest BCUT2D eigenvalue weighted by molar-refractivity contribution is 0.0893. The molecule has 0 bridgehead atoms. The second-order valence-electron chi connectivity index (χ2n) is 6.28. The van der Waals surface area contributed by atoms with Crippen LogP contribution >= 0.6 is 0 Å². The number of para-hydroxylation sites is 1. The summed E-state index contributed by atoms with van der Waals surface area (Å²) >= 11 is 0. The number of hydrogen-bond donors (Lipinski definition) is 1. The minimum absolute atomic E-state index is 0.362. The molecule has 0 atom stereocenters. The van der Waals surface area contributed by atoms with Gasteiger partial charge in [-0.2, -0.15) is 0 Å². The molecule has 1 spiro atoms. The van der Waals surface area contributed by atoms with Crippen LogP contribution in [0.15, 0.2) is 42.5 Å². The lowest BCUT2D eigenvalue weighted by Crippen LogP contribution is -2.47. The quantitative estimate of drug-likeness (QED) is 0.854. The van der Waals surface area contributed by atoms with Gasteiger partial charge in [0.1, 0.15) is 11.4 Å². The molecule has 3 nitrogen and oxygen atoms in total. The molecule has 2 aliphatic heterocycles. The van der Waals surface area contributed by atoms with Crippen molar-refractivity contribution in [1.82, 2.24) is 0 Å². The molecule has 0 aromatic heterocycles. The number of phenolic OH excluding ortho intramolecular Hbond substituents is 1. The number of piperidine rings is 1. The fourth-order valence-electron chi connectivity index (χ4n) is 3.35. The third kappa shape index (κ3) is 2.50. The number of nitrogens with zero attached hydrogens (tertiary/aromatic N) is 1. The second-order valence-corrected chi connectivity index (χ2v) is 6.28. The second kappa shape index (κ2) is 5.51. The zero-order valence-electron chi connectivity index (χ0n) is 13.0. The van der Waals surface area contributed by atoms with Gasteiger partial charge in [0.2, 0.25) is 0 Å². The Kier molecular flexibility index (Phi) is 3.44. The van der Waals surface area contributed by atoms with E-state index in [4.69, 9.17) is 4.74 Å². The van der Waals surface area contributed by atoms with E-state index in [9.17, 15) is 13.9 Å². The van der Waals surface area contributed by atoms with Crippen LogP contribution in [0.25, 0.3) is 6.08 Å². The molecule has 0 saturated carbocycles. The number of fused-ring (bicyclic) bond motifs is 1. The summed E-state index contributed by atoms with van der Waals surface area (Å²) in [4.78, 5) is 1.91. The molecule has 2 aliphatic rings. The van der Waals surface area contributed by atoms with E-state index in [1.54, 1.807) is 0 Å². The van der Waals surface area contributed by atoms with Crippen molar-refractivity contribution in [3.05, 3.63) is 59.7 Å². The van der Waals surface area contributed by atoms with Crippen molar-refractivity contribution in [2.75, 3.05) is 18.0 Å². The molecule has 1 fully saturated rings. The Bertz CT molecular complexity index is 788. The highest BCUT2D eigenvalue weighted by atomic mass is 19.1. The molecular weight excluding hydrogens is 312 g/mol. The number of halogens is 2. The van der Waals surface area contributed by atoms with E-state index >= 15 is 0 Å². The van der Waals surface area contributed by atoms with Gasteiger partial charge in [0, 0.05) is 49.3 Å². The van der Waals surface area contributed by atoms with E-state index in [-0.39, 0.29) is 5.60 Å². The Morgan fingerprint density at radius 1 is 1.04 bits per heavy atom.